The normalized spacial score (nSPS) is 11.1. The zero-order valence-corrected chi connectivity index (χ0v) is 12.4. The predicted octanol–water partition coefficient (Wildman–Crippen LogP) is 2.49. The Morgan fingerprint density at radius 2 is 2.11 bits per heavy atom. The molecule has 4 nitrogen and oxygen atoms in total. The topological polar surface area (TPSA) is 58.4 Å². The molecule has 0 aliphatic heterocycles. The van der Waals surface area contributed by atoms with Gasteiger partial charge in [0.05, 0.1) is 6.54 Å². The van der Waals surface area contributed by atoms with E-state index in [0.29, 0.717) is 18.2 Å². The highest BCUT2D eigenvalue weighted by Crippen LogP contribution is 2.18. The molecule has 4 heteroatoms. The first-order chi connectivity index (χ1) is 8.92. The molecule has 106 valence electrons. The molecule has 1 aromatic rings. The number of carbonyl (C=O) groups excluding carboxylic acids is 1. The van der Waals surface area contributed by atoms with Crippen LogP contribution in [0, 0.1) is 12.8 Å². The zero-order chi connectivity index (χ0) is 14.4. The minimum atomic E-state index is 0.0104. The highest BCUT2D eigenvalue weighted by molar-refractivity contribution is 5.93. The van der Waals surface area contributed by atoms with E-state index in [4.69, 9.17) is 5.73 Å². The van der Waals surface area contributed by atoms with Gasteiger partial charge >= 0.3 is 0 Å². The molecule has 1 rings (SSSR count). The van der Waals surface area contributed by atoms with Crippen LogP contribution in [0.5, 0.6) is 0 Å². The molecule has 0 fully saturated rings. The summed E-state index contributed by atoms with van der Waals surface area (Å²) in [5, 5.41) is 2.93. The maximum absolute atomic E-state index is 12.0. The van der Waals surface area contributed by atoms with Crippen LogP contribution in [0.15, 0.2) is 18.2 Å². The van der Waals surface area contributed by atoms with Crippen molar-refractivity contribution in [3.63, 3.8) is 0 Å². The third-order valence-electron chi connectivity index (χ3n) is 2.97. The molecule has 0 saturated carbocycles. The van der Waals surface area contributed by atoms with Crippen molar-refractivity contribution in [3.05, 3.63) is 23.8 Å². The lowest BCUT2D eigenvalue weighted by atomic mass is 10.2. The largest absolute Gasteiger partial charge is 0.399 e. The molecule has 3 N–H and O–H groups in total. The molecule has 1 amide bonds. The highest BCUT2D eigenvalue weighted by atomic mass is 16.2. The number of nitrogens with two attached hydrogens (primary N) is 1. The second-order valence-corrected chi connectivity index (χ2v) is 5.34. The fraction of sp³-hybridized carbons (Fsp3) is 0.533. The fourth-order valence-corrected chi connectivity index (χ4v) is 1.99. The van der Waals surface area contributed by atoms with Gasteiger partial charge in [-0.3, -0.25) is 9.69 Å². The van der Waals surface area contributed by atoms with E-state index in [0.717, 1.165) is 24.3 Å². The lowest BCUT2D eigenvalue weighted by Gasteiger charge is -2.22. The maximum Gasteiger partial charge on any atom is 0.238 e. The van der Waals surface area contributed by atoms with Gasteiger partial charge in [0.15, 0.2) is 0 Å². The molecule has 0 spiro atoms. The highest BCUT2D eigenvalue weighted by Gasteiger charge is 2.11. The average Bonchev–Trinajstić information content (AvgIpc) is 2.32. The molecule has 0 saturated heterocycles. The monoisotopic (exact) mass is 263 g/mol. The first-order valence-corrected chi connectivity index (χ1v) is 6.80. The lowest BCUT2D eigenvalue weighted by Crippen LogP contribution is -2.35. The Hall–Kier alpha value is -1.55. The fourth-order valence-electron chi connectivity index (χ4n) is 1.99. The zero-order valence-electron chi connectivity index (χ0n) is 12.4. The molecule has 1 aromatic carbocycles. The van der Waals surface area contributed by atoms with Gasteiger partial charge in [-0.05, 0) is 37.1 Å². The van der Waals surface area contributed by atoms with Crippen LogP contribution >= 0.6 is 0 Å². The van der Waals surface area contributed by atoms with E-state index >= 15 is 0 Å². The van der Waals surface area contributed by atoms with Crippen LogP contribution in [-0.2, 0) is 4.79 Å². The number of carbonyl (C=O) groups is 1. The number of benzene rings is 1. The molecule has 19 heavy (non-hydrogen) atoms. The lowest BCUT2D eigenvalue weighted by molar-refractivity contribution is -0.117. The molecule has 0 aliphatic carbocycles. The number of nitrogens with zero attached hydrogens (tertiary/aromatic N) is 1. The van der Waals surface area contributed by atoms with Crippen LogP contribution < -0.4 is 11.1 Å². The van der Waals surface area contributed by atoms with E-state index in [1.807, 2.05) is 19.1 Å². The Morgan fingerprint density at radius 3 is 2.68 bits per heavy atom. The van der Waals surface area contributed by atoms with Crippen molar-refractivity contribution in [1.82, 2.24) is 4.90 Å². The number of amides is 1. The van der Waals surface area contributed by atoms with Gasteiger partial charge in [0, 0.05) is 17.9 Å². The standard InChI is InChI=1S/C15H25N3O/c1-5-18(9-11(2)3)10-15(19)17-14-8-13(16)7-6-12(14)4/h6-8,11H,5,9-10,16H2,1-4H3,(H,17,19). The summed E-state index contributed by atoms with van der Waals surface area (Å²) in [6.45, 7) is 10.6. The molecular weight excluding hydrogens is 238 g/mol. The van der Waals surface area contributed by atoms with Crippen molar-refractivity contribution >= 4 is 17.3 Å². The van der Waals surface area contributed by atoms with Crippen molar-refractivity contribution in [2.45, 2.75) is 27.7 Å². The summed E-state index contributed by atoms with van der Waals surface area (Å²) < 4.78 is 0. The molecule has 0 aliphatic rings. The SMILES string of the molecule is CCN(CC(=O)Nc1cc(N)ccc1C)CC(C)C. The van der Waals surface area contributed by atoms with Crippen molar-refractivity contribution in [2.24, 2.45) is 5.92 Å². The van der Waals surface area contributed by atoms with Gasteiger partial charge in [-0.2, -0.15) is 0 Å². The van der Waals surface area contributed by atoms with Gasteiger partial charge in [0.2, 0.25) is 5.91 Å². The Balaban J connectivity index is 2.61. The summed E-state index contributed by atoms with van der Waals surface area (Å²) >= 11 is 0. The Labute approximate surface area is 116 Å². The molecule has 0 bridgehead atoms. The smallest absolute Gasteiger partial charge is 0.238 e. The summed E-state index contributed by atoms with van der Waals surface area (Å²) in [4.78, 5) is 14.2. The minimum absolute atomic E-state index is 0.0104. The minimum Gasteiger partial charge on any atom is -0.399 e. The van der Waals surface area contributed by atoms with E-state index in [1.54, 1.807) is 6.07 Å². The number of likely N-dealkylation sites (N-methyl/N-ethyl adjacent to an activating group) is 1. The van der Waals surface area contributed by atoms with Crippen LogP contribution in [0.25, 0.3) is 0 Å². The van der Waals surface area contributed by atoms with Gasteiger partial charge in [0.25, 0.3) is 0 Å². The van der Waals surface area contributed by atoms with Gasteiger partial charge in [-0.15, -0.1) is 0 Å². The van der Waals surface area contributed by atoms with Gasteiger partial charge in [-0.1, -0.05) is 26.8 Å². The molecule has 0 unspecified atom stereocenters. The van der Waals surface area contributed by atoms with Crippen LogP contribution in [0.1, 0.15) is 26.3 Å². The van der Waals surface area contributed by atoms with Gasteiger partial charge in [-0.25, -0.2) is 0 Å². The second-order valence-electron chi connectivity index (χ2n) is 5.34. The quantitative estimate of drug-likeness (QED) is 0.775. The third-order valence-corrected chi connectivity index (χ3v) is 2.97. The number of aryl methyl sites for hydroxylation is 1. The van der Waals surface area contributed by atoms with Crippen molar-refractivity contribution < 1.29 is 4.79 Å². The number of hydrogen-bond donors (Lipinski definition) is 2. The maximum atomic E-state index is 12.0. The number of nitrogens with one attached hydrogen (secondary N) is 1. The molecule has 0 heterocycles. The third kappa shape index (κ3) is 5.30. The predicted molar refractivity (Wildman–Crippen MR) is 81.2 cm³/mol. The molecule has 0 atom stereocenters. The van der Waals surface area contributed by atoms with E-state index in [2.05, 4.69) is 31.0 Å². The summed E-state index contributed by atoms with van der Waals surface area (Å²) in [5.41, 5.74) is 8.22. The number of rotatable bonds is 6. The van der Waals surface area contributed by atoms with Crippen molar-refractivity contribution in [1.29, 1.82) is 0 Å². The average molecular weight is 263 g/mol. The van der Waals surface area contributed by atoms with Crippen molar-refractivity contribution in [3.8, 4) is 0 Å². The van der Waals surface area contributed by atoms with E-state index in [-0.39, 0.29) is 5.91 Å². The van der Waals surface area contributed by atoms with E-state index < -0.39 is 0 Å². The number of nitrogen functional groups attached to an aromatic ring is 1. The second kappa shape index (κ2) is 7.14. The van der Waals surface area contributed by atoms with Crippen molar-refractivity contribution in [2.75, 3.05) is 30.7 Å². The number of hydrogen-bond acceptors (Lipinski definition) is 3. The van der Waals surface area contributed by atoms with Crippen LogP contribution in [-0.4, -0.2) is 30.4 Å². The molecular formula is C15H25N3O. The molecule has 0 aromatic heterocycles. The molecule has 0 radical (unpaired) electrons. The number of anilines is 2. The van der Waals surface area contributed by atoms with Crippen LogP contribution in [0.4, 0.5) is 11.4 Å². The first kappa shape index (κ1) is 15.5. The van der Waals surface area contributed by atoms with Crippen LogP contribution in [0.2, 0.25) is 0 Å². The van der Waals surface area contributed by atoms with E-state index in [1.165, 1.54) is 0 Å². The van der Waals surface area contributed by atoms with Crippen LogP contribution in [0.3, 0.4) is 0 Å². The van der Waals surface area contributed by atoms with Gasteiger partial charge in [0.1, 0.15) is 0 Å². The summed E-state index contributed by atoms with van der Waals surface area (Å²) in [6, 6.07) is 5.55. The Kier molecular flexibility index (Phi) is 5.83. The Morgan fingerprint density at radius 1 is 1.42 bits per heavy atom. The van der Waals surface area contributed by atoms with E-state index in [9.17, 15) is 4.79 Å². The summed E-state index contributed by atoms with van der Waals surface area (Å²) in [5.74, 6) is 0.568. The summed E-state index contributed by atoms with van der Waals surface area (Å²) in [6.07, 6.45) is 0. The Bertz CT molecular complexity index is 429. The first-order valence-electron chi connectivity index (χ1n) is 6.80. The summed E-state index contributed by atoms with van der Waals surface area (Å²) in [7, 11) is 0. The van der Waals surface area contributed by atoms with Gasteiger partial charge < -0.3 is 11.1 Å².